The summed E-state index contributed by atoms with van der Waals surface area (Å²) in [6.45, 7) is 3.36. The van der Waals surface area contributed by atoms with E-state index in [1.165, 1.54) is 5.56 Å². The second-order valence-corrected chi connectivity index (χ2v) is 10.2. The zero-order chi connectivity index (χ0) is 28.3. The van der Waals surface area contributed by atoms with Crippen molar-refractivity contribution in [3.63, 3.8) is 0 Å². The molecule has 0 aliphatic heterocycles. The lowest BCUT2D eigenvalue weighted by atomic mass is 10.1. The highest BCUT2D eigenvalue weighted by Gasteiger charge is 2.14. The van der Waals surface area contributed by atoms with Crippen LogP contribution in [0.1, 0.15) is 22.4 Å². The van der Waals surface area contributed by atoms with Gasteiger partial charge in [-0.3, -0.25) is 0 Å². The molecule has 2 heterocycles. The number of nitrogens with zero attached hydrogens (tertiary/aromatic N) is 4. The number of hydrogen-bond donors (Lipinski definition) is 0. The van der Waals surface area contributed by atoms with E-state index in [1.54, 1.807) is 31.8 Å². The molecule has 5 rings (SSSR count). The van der Waals surface area contributed by atoms with Crippen LogP contribution >= 0.6 is 11.3 Å². The van der Waals surface area contributed by atoms with E-state index in [-0.39, 0.29) is 0 Å². The molecule has 0 aliphatic rings. The fourth-order valence-corrected chi connectivity index (χ4v) is 5.14. The SMILES string of the molecule is COc1cccc(COCCOCc2csc(N(Cc3ccc(-n4cccn4)cc3)Cc3cccc(OC)c3)n2)c1. The molecule has 0 spiro atoms. The van der Waals surface area contributed by atoms with Gasteiger partial charge in [0.05, 0.1) is 52.0 Å². The molecule has 0 saturated heterocycles. The summed E-state index contributed by atoms with van der Waals surface area (Å²) in [4.78, 5) is 7.19. The normalized spacial score (nSPS) is 11.0. The molecule has 0 aliphatic carbocycles. The standard InChI is InChI=1S/C32H34N4O4S/c1-37-30-8-3-6-26(18-30)21-35(20-25-10-12-29(13-11-25)36-15-5-14-33-36)32-34-28(24-41-32)23-40-17-16-39-22-27-7-4-9-31(19-27)38-2/h3-15,18-19,24H,16-17,20-23H2,1-2H3. The lowest BCUT2D eigenvalue weighted by Crippen LogP contribution is -2.22. The minimum atomic E-state index is 0.435. The summed E-state index contributed by atoms with van der Waals surface area (Å²) in [7, 11) is 3.35. The van der Waals surface area contributed by atoms with Crippen molar-refractivity contribution in [1.82, 2.24) is 14.8 Å². The Bertz CT molecular complexity index is 1490. The minimum Gasteiger partial charge on any atom is -0.497 e. The van der Waals surface area contributed by atoms with Crippen LogP contribution < -0.4 is 14.4 Å². The van der Waals surface area contributed by atoms with Crippen LogP contribution in [0.15, 0.2) is 96.6 Å². The van der Waals surface area contributed by atoms with Crippen LogP contribution in [0.25, 0.3) is 5.69 Å². The Balaban J connectivity index is 1.18. The number of anilines is 1. The van der Waals surface area contributed by atoms with Crippen LogP contribution in [-0.4, -0.2) is 42.2 Å². The van der Waals surface area contributed by atoms with E-state index in [4.69, 9.17) is 23.9 Å². The fourth-order valence-electron chi connectivity index (χ4n) is 4.33. The van der Waals surface area contributed by atoms with E-state index >= 15 is 0 Å². The van der Waals surface area contributed by atoms with Gasteiger partial charge in [-0.05, 0) is 59.2 Å². The molecule has 0 fully saturated rings. The highest BCUT2D eigenvalue weighted by Crippen LogP contribution is 2.26. The molecular formula is C32H34N4O4S. The fraction of sp³-hybridized carbons (Fsp3) is 0.250. The largest absolute Gasteiger partial charge is 0.497 e. The third-order valence-electron chi connectivity index (χ3n) is 6.42. The first kappa shape index (κ1) is 28.4. The van der Waals surface area contributed by atoms with Gasteiger partial charge in [0.25, 0.3) is 0 Å². The van der Waals surface area contributed by atoms with Crippen molar-refractivity contribution in [3.8, 4) is 17.2 Å². The molecule has 0 atom stereocenters. The Labute approximate surface area is 244 Å². The highest BCUT2D eigenvalue weighted by atomic mass is 32.1. The molecule has 3 aromatic carbocycles. The number of ether oxygens (including phenoxy) is 4. The average molecular weight is 571 g/mol. The molecule has 0 bridgehead atoms. The van der Waals surface area contributed by atoms with E-state index in [2.05, 4.69) is 51.8 Å². The van der Waals surface area contributed by atoms with E-state index in [0.717, 1.165) is 39.1 Å². The van der Waals surface area contributed by atoms with Crippen LogP contribution in [0, 0.1) is 0 Å². The maximum atomic E-state index is 5.86. The van der Waals surface area contributed by atoms with Crippen LogP contribution in [-0.2, 0) is 35.8 Å². The Hall–Kier alpha value is -4.18. The summed E-state index contributed by atoms with van der Waals surface area (Å²) in [5.41, 5.74) is 5.34. The van der Waals surface area contributed by atoms with E-state index in [0.29, 0.717) is 39.5 Å². The molecule has 212 valence electrons. The van der Waals surface area contributed by atoms with Gasteiger partial charge < -0.3 is 23.8 Å². The zero-order valence-corrected chi connectivity index (χ0v) is 24.1. The van der Waals surface area contributed by atoms with Gasteiger partial charge in [0.1, 0.15) is 11.5 Å². The first-order valence-corrected chi connectivity index (χ1v) is 14.3. The molecule has 0 unspecified atom stereocenters. The topological polar surface area (TPSA) is 70.9 Å². The molecule has 5 aromatic rings. The van der Waals surface area contributed by atoms with Crippen molar-refractivity contribution in [2.75, 3.05) is 32.3 Å². The van der Waals surface area contributed by atoms with Gasteiger partial charge in [0.15, 0.2) is 5.13 Å². The van der Waals surface area contributed by atoms with Crippen molar-refractivity contribution in [3.05, 3.63) is 119 Å². The van der Waals surface area contributed by atoms with Gasteiger partial charge in [0, 0.05) is 30.9 Å². The molecule has 41 heavy (non-hydrogen) atoms. The first-order chi connectivity index (χ1) is 20.2. The number of thiazole rings is 1. The lowest BCUT2D eigenvalue weighted by Gasteiger charge is -2.22. The maximum absolute atomic E-state index is 5.86. The molecule has 2 aromatic heterocycles. The number of hydrogen-bond acceptors (Lipinski definition) is 8. The summed E-state index contributed by atoms with van der Waals surface area (Å²) < 4.78 is 24.2. The van der Waals surface area contributed by atoms with E-state index in [9.17, 15) is 0 Å². The van der Waals surface area contributed by atoms with Crippen molar-refractivity contribution in [2.24, 2.45) is 0 Å². The van der Waals surface area contributed by atoms with Gasteiger partial charge >= 0.3 is 0 Å². The van der Waals surface area contributed by atoms with Gasteiger partial charge in [-0.1, -0.05) is 36.4 Å². The number of aromatic nitrogens is 3. The lowest BCUT2D eigenvalue weighted by molar-refractivity contribution is 0.0330. The number of benzene rings is 3. The van der Waals surface area contributed by atoms with Crippen LogP contribution in [0.5, 0.6) is 11.5 Å². The summed E-state index contributed by atoms with van der Waals surface area (Å²) >= 11 is 1.62. The molecule has 0 N–H and O–H groups in total. The zero-order valence-electron chi connectivity index (χ0n) is 23.3. The Morgan fingerprint density at radius 1 is 0.756 bits per heavy atom. The van der Waals surface area contributed by atoms with Crippen LogP contribution in [0.2, 0.25) is 0 Å². The van der Waals surface area contributed by atoms with Crippen LogP contribution in [0.3, 0.4) is 0 Å². The van der Waals surface area contributed by atoms with Crippen molar-refractivity contribution >= 4 is 16.5 Å². The third kappa shape index (κ3) is 8.17. The quantitative estimate of drug-likeness (QED) is 0.137. The Morgan fingerprint density at radius 2 is 1.44 bits per heavy atom. The molecule has 0 radical (unpaired) electrons. The summed E-state index contributed by atoms with van der Waals surface area (Å²) in [6.07, 6.45) is 3.72. The average Bonchev–Trinajstić information content (AvgIpc) is 3.72. The molecule has 0 amide bonds. The number of rotatable bonds is 15. The maximum Gasteiger partial charge on any atom is 0.186 e. The monoisotopic (exact) mass is 570 g/mol. The van der Waals surface area contributed by atoms with Crippen molar-refractivity contribution < 1.29 is 18.9 Å². The molecule has 9 heteroatoms. The highest BCUT2D eigenvalue weighted by molar-refractivity contribution is 7.13. The second-order valence-electron chi connectivity index (χ2n) is 9.40. The predicted molar refractivity (Wildman–Crippen MR) is 161 cm³/mol. The van der Waals surface area contributed by atoms with Gasteiger partial charge in [-0.2, -0.15) is 5.10 Å². The Morgan fingerprint density at radius 3 is 2.15 bits per heavy atom. The summed E-state index contributed by atoms with van der Waals surface area (Å²) in [5, 5.41) is 7.33. The molecular weight excluding hydrogens is 536 g/mol. The van der Waals surface area contributed by atoms with E-state index < -0.39 is 0 Å². The predicted octanol–water partition coefficient (Wildman–Crippen LogP) is 6.29. The van der Waals surface area contributed by atoms with Gasteiger partial charge in [0.2, 0.25) is 0 Å². The van der Waals surface area contributed by atoms with Gasteiger partial charge in [-0.25, -0.2) is 9.67 Å². The van der Waals surface area contributed by atoms with Gasteiger partial charge in [-0.15, -0.1) is 11.3 Å². The number of methoxy groups -OCH3 is 2. The first-order valence-electron chi connectivity index (χ1n) is 13.4. The van der Waals surface area contributed by atoms with Crippen molar-refractivity contribution in [2.45, 2.75) is 26.3 Å². The smallest absolute Gasteiger partial charge is 0.186 e. The molecule has 0 saturated carbocycles. The summed E-state index contributed by atoms with van der Waals surface area (Å²) in [5.74, 6) is 1.67. The Kier molecular flexibility index (Phi) is 9.99. The minimum absolute atomic E-state index is 0.435. The second kappa shape index (κ2) is 14.5. The summed E-state index contributed by atoms with van der Waals surface area (Å²) in [6, 6.07) is 26.4. The van der Waals surface area contributed by atoms with Crippen molar-refractivity contribution in [1.29, 1.82) is 0 Å². The van der Waals surface area contributed by atoms with Crippen LogP contribution in [0.4, 0.5) is 5.13 Å². The third-order valence-corrected chi connectivity index (χ3v) is 7.37. The molecule has 8 nitrogen and oxygen atoms in total. The van der Waals surface area contributed by atoms with E-state index in [1.807, 2.05) is 53.3 Å².